The molecule has 100 valence electrons. The molecule has 0 saturated carbocycles. The Labute approximate surface area is 110 Å². The predicted octanol–water partition coefficient (Wildman–Crippen LogP) is 3.05. The van der Waals surface area contributed by atoms with Gasteiger partial charge in [0.15, 0.2) is 0 Å². The van der Waals surface area contributed by atoms with Crippen molar-refractivity contribution in [1.29, 1.82) is 0 Å². The van der Waals surface area contributed by atoms with Crippen LogP contribution in [0, 0.1) is 6.92 Å². The summed E-state index contributed by atoms with van der Waals surface area (Å²) in [6.07, 6.45) is 1.73. The molecule has 0 radical (unpaired) electrons. The van der Waals surface area contributed by atoms with Gasteiger partial charge in [-0.25, -0.2) is 8.42 Å². The van der Waals surface area contributed by atoms with Crippen LogP contribution in [-0.2, 0) is 10.0 Å². The quantitative estimate of drug-likeness (QED) is 0.826. The van der Waals surface area contributed by atoms with E-state index in [1.165, 1.54) is 0 Å². The molecule has 0 bridgehead atoms. The van der Waals surface area contributed by atoms with E-state index < -0.39 is 10.0 Å². The minimum Gasteiger partial charge on any atom is -0.270 e. The lowest BCUT2D eigenvalue weighted by molar-refractivity contribution is 0.574. The van der Waals surface area contributed by atoms with Gasteiger partial charge in [-0.15, -0.1) is 0 Å². The fourth-order valence-corrected chi connectivity index (χ4v) is 4.25. The average molecular weight is 267 g/mol. The first-order valence-corrected chi connectivity index (χ1v) is 8.14. The maximum absolute atomic E-state index is 12.2. The van der Waals surface area contributed by atoms with Gasteiger partial charge in [0.05, 0.1) is 11.4 Å². The van der Waals surface area contributed by atoms with E-state index in [-0.39, 0.29) is 5.75 Å². The van der Waals surface area contributed by atoms with Crippen LogP contribution in [0.5, 0.6) is 0 Å². The van der Waals surface area contributed by atoms with Gasteiger partial charge in [0.1, 0.15) is 0 Å². The number of benzene rings is 1. The standard InChI is InChI=1S/C14H21NO2S/c1-11(2)13-8-6-7-12(3)14(13)15-9-4-5-10-18(15,16)17/h6-8,11H,4-5,9-10H2,1-3H3. The lowest BCUT2D eigenvalue weighted by Gasteiger charge is -2.32. The van der Waals surface area contributed by atoms with Gasteiger partial charge >= 0.3 is 0 Å². The molecule has 1 fully saturated rings. The van der Waals surface area contributed by atoms with Gasteiger partial charge in [0, 0.05) is 6.54 Å². The lowest BCUT2D eigenvalue weighted by Crippen LogP contribution is -2.39. The fourth-order valence-electron chi connectivity index (χ4n) is 2.53. The molecular weight excluding hydrogens is 246 g/mol. The number of anilines is 1. The van der Waals surface area contributed by atoms with E-state index in [0.29, 0.717) is 12.5 Å². The number of sulfonamides is 1. The third-order valence-electron chi connectivity index (χ3n) is 3.49. The van der Waals surface area contributed by atoms with Crippen LogP contribution in [0.2, 0.25) is 0 Å². The van der Waals surface area contributed by atoms with Crippen LogP contribution in [0.4, 0.5) is 5.69 Å². The number of nitrogens with zero attached hydrogens (tertiary/aromatic N) is 1. The van der Waals surface area contributed by atoms with Gasteiger partial charge in [0.2, 0.25) is 10.0 Å². The third-order valence-corrected chi connectivity index (χ3v) is 5.33. The SMILES string of the molecule is Cc1cccc(C(C)C)c1N1CCCCS1(=O)=O. The van der Waals surface area contributed by atoms with Gasteiger partial charge in [0.25, 0.3) is 0 Å². The highest BCUT2D eigenvalue weighted by molar-refractivity contribution is 7.92. The number of para-hydroxylation sites is 1. The van der Waals surface area contributed by atoms with Gasteiger partial charge in [-0.3, -0.25) is 4.31 Å². The highest BCUT2D eigenvalue weighted by Gasteiger charge is 2.29. The van der Waals surface area contributed by atoms with Crippen molar-refractivity contribution in [2.75, 3.05) is 16.6 Å². The maximum Gasteiger partial charge on any atom is 0.235 e. The summed E-state index contributed by atoms with van der Waals surface area (Å²) in [5.74, 6) is 0.607. The van der Waals surface area contributed by atoms with Crippen molar-refractivity contribution in [3.05, 3.63) is 29.3 Å². The minimum atomic E-state index is -3.12. The van der Waals surface area contributed by atoms with E-state index in [2.05, 4.69) is 13.8 Å². The van der Waals surface area contributed by atoms with Crippen LogP contribution >= 0.6 is 0 Å². The molecule has 0 atom stereocenters. The molecule has 0 spiro atoms. The van der Waals surface area contributed by atoms with Crippen LogP contribution in [0.3, 0.4) is 0 Å². The largest absolute Gasteiger partial charge is 0.270 e. The Balaban J connectivity index is 2.56. The topological polar surface area (TPSA) is 37.4 Å². The average Bonchev–Trinajstić information content (AvgIpc) is 2.29. The predicted molar refractivity (Wildman–Crippen MR) is 75.6 cm³/mol. The van der Waals surface area contributed by atoms with Crippen molar-refractivity contribution in [2.24, 2.45) is 0 Å². The van der Waals surface area contributed by atoms with Crippen molar-refractivity contribution < 1.29 is 8.42 Å². The Morgan fingerprint density at radius 3 is 2.56 bits per heavy atom. The maximum atomic E-state index is 12.2. The fraction of sp³-hybridized carbons (Fsp3) is 0.571. The monoisotopic (exact) mass is 267 g/mol. The van der Waals surface area contributed by atoms with Crippen LogP contribution in [-0.4, -0.2) is 20.7 Å². The van der Waals surface area contributed by atoms with Crippen LogP contribution in [0.1, 0.15) is 43.7 Å². The lowest BCUT2D eigenvalue weighted by atomic mass is 9.98. The molecule has 4 heteroatoms. The van der Waals surface area contributed by atoms with Gasteiger partial charge < -0.3 is 0 Å². The van der Waals surface area contributed by atoms with Crippen LogP contribution in [0.15, 0.2) is 18.2 Å². The van der Waals surface area contributed by atoms with E-state index in [1.807, 2.05) is 25.1 Å². The van der Waals surface area contributed by atoms with Crippen molar-refractivity contribution in [2.45, 2.75) is 39.5 Å². The summed E-state index contributed by atoms with van der Waals surface area (Å²) < 4.78 is 26.1. The Kier molecular flexibility index (Phi) is 3.66. The number of hydrogen-bond acceptors (Lipinski definition) is 2. The molecule has 0 unspecified atom stereocenters. The second-order valence-corrected chi connectivity index (χ2v) is 7.28. The minimum absolute atomic E-state index is 0.277. The third kappa shape index (κ3) is 2.39. The molecule has 2 rings (SSSR count). The summed E-state index contributed by atoms with van der Waals surface area (Å²) in [5, 5.41) is 0. The van der Waals surface area contributed by atoms with Crippen molar-refractivity contribution in [1.82, 2.24) is 0 Å². The molecule has 1 aliphatic rings. The summed E-state index contributed by atoms with van der Waals surface area (Å²) in [5.41, 5.74) is 3.08. The first-order chi connectivity index (χ1) is 8.43. The first kappa shape index (κ1) is 13.4. The van der Waals surface area contributed by atoms with Gasteiger partial charge in [-0.1, -0.05) is 32.0 Å². The molecule has 0 aromatic heterocycles. The Morgan fingerprint density at radius 1 is 1.22 bits per heavy atom. The zero-order chi connectivity index (χ0) is 13.3. The Morgan fingerprint density at radius 2 is 1.94 bits per heavy atom. The van der Waals surface area contributed by atoms with Crippen LogP contribution in [0.25, 0.3) is 0 Å². The van der Waals surface area contributed by atoms with E-state index in [1.54, 1.807) is 4.31 Å². The van der Waals surface area contributed by atoms with E-state index in [0.717, 1.165) is 29.7 Å². The molecule has 1 aromatic carbocycles. The molecule has 0 aliphatic carbocycles. The summed E-state index contributed by atoms with van der Waals surface area (Å²) >= 11 is 0. The van der Waals surface area contributed by atoms with Gasteiger partial charge in [-0.05, 0) is 36.8 Å². The summed E-state index contributed by atoms with van der Waals surface area (Å²) in [6, 6.07) is 6.03. The summed E-state index contributed by atoms with van der Waals surface area (Å²) in [7, 11) is -3.12. The van der Waals surface area contributed by atoms with Crippen LogP contribution < -0.4 is 4.31 Å². The number of aryl methyl sites for hydroxylation is 1. The van der Waals surface area contributed by atoms with Gasteiger partial charge in [-0.2, -0.15) is 0 Å². The number of hydrogen-bond donors (Lipinski definition) is 0. The smallest absolute Gasteiger partial charge is 0.235 e. The highest BCUT2D eigenvalue weighted by atomic mass is 32.2. The highest BCUT2D eigenvalue weighted by Crippen LogP contribution is 2.34. The molecular formula is C14H21NO2S. The Hall–Kier alpha value is -1.03. The van der Waals surface area contributed by atoms with E-state index in [4.69, 9.17) is 0 Å². The molecule has 1 saturated heterocycles. The molecule has 1 heterocycles. The van der Waals surface area contributed by atoms with E-state index >= 15 is 0 Å². The normalized spacial score (nSPS) is 19.2. The van der Waals surface area contributed by atoms with E-state index in [9.17, 15) is 8.42 Å². The van der Waals surface area contributed by atoms with Crippen molar-refractivity contribution in [3.63, 3.8) is 0 Å². The molecule has 0 amide bonds. The number of rotatable bonds is 2. The summed E-state index contributed by atoms with van der Waals surface area (Å²) in [6.45, 7) is 6.82. The molecule has 18 heavy (non-hydrogen) atoms. The zero-order valence-electron chi connectivity index (χ0n) is 11.3. The molecule has 1 aliphatic heterocycles. The Bertz CT molecular complexity index is 535. The van der Waals surface area contributed by atoms with Crippen molar-refractivity contribution >= 4 is 15.7 Å². The zero-order valence-corrected chi connectivity index (χ0v) is 12.1. The molecule has 0 N–H and O–H groups in total. The first-order valence-electron chi connectivity index (χ1n) is 6.53. The summed E-state index contributed by atoms with van der Waals surface area (Å²) in [4.78, 5) is 0. The second kappa shape index (κ2) is 4.92. The van der Waals surface area contributed by atoms with Crippen molar-refractivity contribution in [3.8, 4) is 0 Å². The second-order valence-electron chi connectivity index (χ2n) is 5.26. The molecule has 1 aromatic rings. The molecule has 3 nitrogen and oxygen atoms in total.